The Balaban J connectivity index is 1.90. The van der Waals surface area contributed by atoms with Crippen molar-refractivity contribution in [3.63, 3.8) is 0 Å². The molecule has 0 aliphatic heterocycles. The molecular formula is C18H17NO4. The number of phenols is 1. The van der Waals surface area contributed by atoms with E-state index < -0.39 is 17.8 Å². The number of phenolic OH excluding ortho intramolecular Hbond substituents is 1. The number of nitrogens with one attached hydrogen (secondary N) is 1. The summed E-state index contributed by atoms with van der Waals surface area (Å²) >= 11 is 0. The van der Waals surface area contributed by atoms with Gasteiger partial charge in [-0.05, 0) is 25.0 Å². The highest BCUT2D eigenvalue weighted by Gasteiger charge is 2.34. The molecule has 0 spiro atoms. The maximum absolute atomic E-state index is 12.5. The third kappa shape index (κ3) is 2.90. The van der Waals surface area contributed by atoms with Gasteiger partial charge in [0.05, 0.1) is 11.8 Å². The van der Waals surface area contributed by atoms with E-state index in [4.69, 9.17) is 0 Å². The molecule has 0 saturated carbocycles. The summed E-state index contributed by atoms with van der Waals surface area (Å²) in [5.74, 6) is -2.42. The Morgan fingerprint density at radius 3 is 2.35 bits per heavy atom. The highest BCUT2D eigenvalue weighted by Crippen LogP contribution is 2.32. The first-order chi connectivity index (χ1) is 11.1. The summed E-state index contributed by atoms with van der Waals surface area (Å²) in [4.78, 5) is 23.9. The summed E-state index contributed by atoms with van der Waals surface area (Å²) in [6.45, 7) is 0. The molecule has 0 radical (unpaired) electrons. The minimum Gasteiger partial charge on any atom is -0.507 e. The van der Waals surface area contributed by atoms with E-state index in [9.17, 15) is 19.8 Å². The number of fused-ring (bicyclic) bond motifs is 1. The molecule has 1 aliphatic rings. The zero-order chi connectivity index (χ0) is 16.4. The van der Waals surface area contributed by atoms with Gasteiger partial charge in [0.2, 0.25) is 5.91 Å². The molecule has 1 aliphatic carbocycles. The Morgan fingerprint density at radius 2 is 1.61 bits per heavy atom. The van der Waals surface area contributed by atoms with Gasteiger partial charge >= 0.3 is 5.97 Å². The number of aliphatic carboxylic acids is 1. The second-order valence-electron chi connectivity index (χ2n) is 5.66. The van der Waals surface area contributed by atoms with E-state index in [1.54, 1.807) is 42.5 Å². The number of carbonyl (C=O) groups excluding carboxylic acids is 1. The Labute approximate surface area is 133 Å². The van der Waals surface area contributed by atoms with Crippen molar-refractivity contribution < 1.29 is 19.8 Å². The van der Waals surface area contributed by atoms with E-state index >= 15 is 0 Å². The SMILES string of the molecule is O=C(O)[C@@H]1CC=CC[C@H]1C(=O)Nc1cccc2c(O)cccc12. The van der Waals surface area contributed by atoms with Crippen LogP contribution in [0, 0.1) is 11.8 Å². The van der Waals surface area contributed by atoms with E-state index in [1.165, 1.54) is 0 Å². The fourth-order valence-corrected chi connectivity index (χ4v) is 3.00. The second-order valence-corrected chi connectivity index (χ2v) is 5.66. The van der Waals surface area contributed by atoms with Crippen LogP contribution < -0.4 is 5.32 Å². The maximum Gasteiger partial charge on any atom is 0.307 e. The van der Waals surface area contributed by atoms with E-state index in [2.05, 4.69) is 5.32 Å². The van der Waals surface area contributed by atoms with E-state index in [-0.39, 0.29) is 11.7 Å². The number of hydrogen-bond donors (Lipinski definition) is 3. The molecular weight excluding hydrogens is 294 g/mol. The molecule has 1 amide bonds. The monoisotopic (exact) mass is 311 g/mol. The number of benzene rings is 2. The van der Waals surface area contributed by atoms with Crippen LogP contribution in [0.1, 0.15) is 12.8 Å². The molecule has 23 heavy (non-hydrogen) atoms. The van der Waals surface area contributed by atoms with Crippen LogP contribution >= 0.6 is 0 Å². The van der Waals surface area contributed by atoms with Crippen LogP contribution in [0.3, 0.4) is 0 Å². The largest absolute Gasteiger partial charge is 0.507 e. The average Bonchev–Trinajstić information content (AvgIpc) is 2.56. The predicted octanol–water partition coefficient (Wildman–Crippen LogP) is 3.15. The number of rotatable bonds is 3. The zero-order valence-electron chi connectivity index (χ0n) is 12.4. The van der Waals surface area contributed by atoms with Crippen molar-refractivity contribution in [2.45, 2.75) is 12.8 Å². The number of carboxylic acid groups (broad SMARTS) is 1. The Hall–Kier alpha value is -2.82. The van der Waals surface area contributed by atoms with Gasteiger partial charge in [0.15, 0.2) is 0 Å². The topological polar surface area (TPSA) is 86.6 Å². The summed E-state index contributed by atoms with van der Waals surface area (Å²) < 4.78 is 0. The standard InChI is InChI=1S/C18H17NO4/c20-16-10-4-7-11-12(16)8-3-9-15(11)19-17(21)13-5-1-2-6-14(13)18(22)23/h1-4,7-10,13-14,20H,5-6H2,(H,19,21)(H,22,23)/t13-,14-/m1/s1. The van der Waals surface area contributed by atoms with Crippen molar-refractivity contribution in [1.82, 2.24) is 0 Å². The molecule has 5 heteroatoms. The van der Waals surface area contributed by atoms with Crippen molar-refractivity contribution in [3.05, 3.63) is 48.6 Å². The van der Waals surface area contributed by atoms with Crippen molar-refractivity contribution in [2.75, 3.05) is 5.32 Å². The van der Waals surface area contributed by atoms with E-state index in [0.717, 1.165) is 5.39 Å². The lowest BCUT2D eigenvalue weighted by Gasteiger charge is -2.24. The Morgan fingerprint density at radius 1 is 0.957 bits per heavy atom. The van der Waals surface area contributed by atoms with Gasteiger partial charge in [-0.25, -0.2) is 0 Å². The number of allylic oxidation sites excluding steroid dienone is 2. The first-order valence-corrected chi connectivity index (χ1v) is 7.47. The quantitative estimate of drug-likeness (QED) is 0.760. The highest BCUT2D eigenvalue weighted by atomic mass is 16.4. The molecule has 3 rings (SSSR count). The third-order valence-corrected chi connectivity index (χ3v) is 4.24. The fourth-order valence-electron chi connectivity index (χ4n) is 3.00. The van der Waals surface area contributed by atoms with Crippen molar-refractivity contribution in [1.29, 1.82) is 0 Å². The number of carbonyl (C=O) groups is 2. The van der Waals surface area contributed by atoms with Crippen LogP contribution in [0.2, 0.25) is 0 Å². The van der Waals surface area contributed by atoms with Crippen LogP contribution in [0.4, 0.5) is 5.69 Å². The number of aromatic hydroxyl groups is 1. The lowest BCUT2D eigenvalue weighted by molar-refractivity contribution is -0.146. The molecule has 0 bridgehead atoms. The molecule has 2 aromatic carbocycles. The summed E-state index contributed by atoms with van der Waals surface area (Å²) in [7, 11) is 0. The summed E-state index contributed by atoms with van der Waals surface area (Å²) in [6.07, 6.45) is 4.43. The van der Waals surface area contributed by atoms with Gasteiger partial charge in [0.1, 0.15) is 5.75 Å². The lowest BCUT2D eigenvalue weighted by Crippen LogP contribution is -2.34. The molecule has 2 atom stereocenters. The van der Waals surface area contributed by atoms with Crippen LogP contribution in [-0.4, -0.2) is 22.1 Å². The average molecular weight is 311 g/mol. The smallest absolute Gasteiger partial charge is 0.307 e. The Kier molecular flexibility index (Phi) is 4.02. The number of hydrogen-bond acceptors (Lipinski definition) is 3. The second kappa shape index (κ2) is 6.12. The van der Waals surface area contributed by atoms with Gasteiger partial charge in [-0.1, -0.05) is 36.4 Å². The van der Waals surface area contributed by atoms with Crippen molar-refractivity contribution in [2.24, 2.45) is 11.8 Å². The number of carboxylic acids is 1. The van der Waals surface area contributed by atoms with Crippen LogP contribution in [0.25, 0.3) is 10.8 Å². The third-order valence-electron chi connectivity index (χ3n) is 4.24. The first kappa shape index (κ1) is 15.1. The normalized spacial score (nSPS) is 20.3. The predicted molar refractivity (Wildman–Crippen MR) is 87.2 cm³/mol. The van der Waals surface area contributed by atoms with Crippen molar-refractivity contribution >= 4 is 28.3 Å². The van der Waals surface area contributed by atoms with E-state index in [1.807, 2.05) is 6.08 Å². The molecule has 2 aromatic rings. The van der Waals surface area contributed by atoms with Crippen molar-refractivity contribution in [3.8, 4) is 5.75 Å². The summed E-state index contributed by atoms with van der Waals surface area (Å²) in [5, 5.41) is 23.4. The molecule has 0 aromatic heterocycles. The number of anilines is 1. The fraction of sp³-hybridized carbons (Fsp3) is 0.222. The maximum atomic E-state index is 12.5. The molecule has 0 heterocycles. The minimum absolute atomic E-state index is 0.141. The first-order valence-electron chi connectivity index (χ1n) is 7.47. The molecule has 0 saturated heterocycles. The number of amides is 1. The molecule has 3 N–H and O–H groups in total. The van der Waals surface area contributed by atoms with Gasteiger partial charge < -0.3 is 15.5 Å². The van der Waals surface area contributed by atoms with Crippen LogP contribution in [0.5, 0.6) is 5.75 Å². The van der Waals surface area contributed by atoms with Gasteiger partial charge in [0.25, 0.3) is 0 Å². The van der Waals surface area contributed by atoms with Crippen LogP contribution in [0.15, 0.2) is 48.6 Å². The van der Waals surface area contributed by atoms with Gasteiger partial charge in [-0.15, -0.1) is 0 Å². The zero-order valence-corrected chi connectivity index (χ0v) is 12.4. The molecule has 5 nitrogen and oxygen atoms in total. The highest BCUT2D eigenvalue weighted by molar-refractivity contribution is 6.05. The lowest BCUT2D eigenvalue weighted by atomic mass is 9.82. The van der Waals surface area contributed by atoms with E-state index in [0.29, 0.717) is 23.9 Å². The molecule has 0 unspecified atom stereocenters. The molecule has 118 valence electrons. The summed E-state index contributed by atoms with van der Waals surface area (Å²) in [6, 6.07) is 10.3. The van der Waals surface area contributed by atoms with Gasteiger partial charge in [0, 0.05) is 16.5 Å². The minimum atomic E-state index is -0.954. The van der Waals surface area contributed by atoms with Gasteiger partial charge in [-0.3, -0.25) is 9.59 Å². The Bertz CT molecular complexity index is 797. The summed E-state index contributed by atoms with van der Waals surface area (Å²) in [5.41, 5.74) is 0.571. The molecule has 0 fully saturated rings. The van der Waals surface area contributed by atoms with Crippen LogP contribution in [-0.2, 0) is 9.59 Å². The van der Waals surface area contributed by atoms with Gasteiger partial charge in [-0.2, -0.15) is 0 Å².